The number of nitrogens with zero attached hydrogens (tertiary/aromatic N) is 3. The molecule has 1 aromatic rings. The second-order valence-corrected chi connectivity index (χ2v) is 4.79. The maximum atomic E-state index is 5.90. The maximum Gasteiger partial charge on any atom is 0.164 e. The zero-order chi connectivity index (χ0) is 10.8. The first kappa shape index (κ1) is 11.2. The Kier molecular flexibility index (Phi) is 3.29. The van der Waals surface area contributed by atoms with Gasteiger partial charge in [0, 0.05) is 6.54 Å². The molecule has 14 heavy (non-hydrogen) atoms. The third kappa shape index (κ3) is 3.12. The lowest BCUT2D eigenvalue weighted by Gasteiger charge is -2.26. The lowest BCUT2D eigenvalue weighted by Crippen LogP contribution is -2.39. The van der Waals surface area contributed by atoms with Crippen molar-refractivity contribution < 1.29 is 0 Å². The molecule has 0 bridgehead atoms. The molecule has 1 aromatic heterocycles. The normalized spacial score (nSPS) is 11.5. The van der Waals surface area contributed by atoms with Gasteiger partial charge >= 0.3 is 0 Å². The van der Waals surface area contributed by atoms with Crippen LogP contribution in [0.3, 0.4) is 0 Å². The van der Waals surface area contributed by atoms with Crippen molar-refractivity contribution in [2.75, 3.05) is 11.6 Å². The van der Waals surface area contributed by atoms with E-state index in [1.165, 1.54) is 12.5 Å². The molecule has 1 rings (SSSR count). The van der Waals surface area contributed by atoms with Crippen molar-refractivity contribution in [3.05, 3.63) is 17.5 Å². The number of rotatable bonds is 2. The van der Waals surface area contributed by atoms with Crippen molar-refractivity contribution in [2.45, 2.75) is 20.8 Å². The molecule has 0 aliphatic carbocycles. The Morgan fingerprint density at radius 3 is 2.64 bits per heavy atom. The molecule has 78 valence electrons. The fourth-order valence-corrected chi connectivity index (χ4v) is 1.32. The quantitative estimate of drug-likeness (QED) is 0.603. The maximum absolute atomic E-state index is 5.90. The lowest BCUT2D eigenvalue weighted by molar-refractivity contribution is 0.411. The van der Waals surface area contributed by atoms with Gasteiger partial charge < -0.3 is 0 Å². The van der Waals surface area contributed by atoms with Crippen molar-refractivity contribution in [2.24, 2.45) is 11.3 Å². The van der Waals surface area contributed by atoms with Crippen LogP contribution in [-0.2, 0) is 0 Å². The van der Waals surface area contributed by atoms with Crippen LogP contribution in [0, 0.1) is 5.41 Å². The van der Waals surface area contributed by atoms with Crippen LogP contribution in [0.2, 0.25) is 5.02 Å². The molecule has 0 fully saturated rings. The summed E-state index contributed by atoms with van der Waals surface area (Å²) in [6.07, 6.45) is 2.97. The third-order valence-corrected chi connectivity index (χ3v) is 1.83. The highest BCUT2D eigenvalue weighted by Gasteiger charge is 2.16. The highest BCUT2D eigenvalue weighted by molar-refractivity contribution is 6.32. The second kappa shape index (κ2) is 4.11. The van der Waals surface area contributed by atoms with Crippen molar-refractivity contribution >= 4 is 17.4 Å². The molecular formula is C9H15ClN4. The van der Waals surface area contributed by atoms with Crippen LogP contribution in [0.15, 0.2) is 12.5 Å². The van der Waals surface area contributed by atoms with Gasteiger partial charge in [0.1, 0.15) is 11.3 Å². The zero-order valence-electron chi connectivity index (χ0n) is 8.66. The summed E-state index contributed by atoms with van der Waals surface area (Å²) in [4.78, 5) is 7.82. The predicted octanol–water partition coefficient (Wildman–Crippen LogP) is 1.86. The molecule has 2 N–H and O–H groups in total. The predicted molar refractivity (Wildman–Crippen MR) is 58.0 cm³/mol. The summed E-state index contributed by atoms with van der Waals surface area (Å²) in [6.45, 7) is 6.98. The molecule has 0 radical (unpaired) electrons. The molecule has 0 aliphatic heterocycles. The molecule has 0 atom stereocenters. The van der Waals surface area contributed by atoms with E-state index in [9.17, 15) is 0 Å². The van der Waals surface area contributed by atoms with E-state index in [0.29, 0.717) is 17.4 Å². The van der Waals surface area contributed by atoms with Crippen molar-refractivity contribution in [1.29, 1.82) is 0 Å². The minimum atomic E-state index is 0.100. The average Bonchev–Trinajstić information content (AvgIpc) is 2.01. The molecule has 0 spiro atoms. The first-order valence-corrected chi connectivity index (χ1v) is 4.76. The van der Waals surface area contributed by atoms with Crippen LogP contribution < -0.4 is 10.9 Å². The summed E-state index contributed by atoms with van der Waals surface area (Å²) in [5.41, 5.74) is 0.100. The highest BCUT2D eigenvalue weighted by Crippen LogP contribution is 2.22. The summed E-state index contributed by atoms with van der Waals surface area (Å²) >= 11 is 5.90. The summed E-state index contributed by atoms with van der Waals surface area (Å²) in [6, 6.07) is 0. The largest absolute Gasteiger partial charge is 0.293 e. The van der Waals surface area contributed by atoms with Crippen LogP contribution in [0.1, 0.15) is 20.8 Å². The van der Waals surface area contributed by atoms with Crippen molar-refractivity contribution in [3.63, 3.8) is 0 Å². The van der Waals surface area contributed by atoms with Gasteiger partial charge in [0.05, 0.1) is 6.20 Å². The number of hydrogen-bond acceptors (Lipinski definition) is 4. The second-order valence-electron chi connectivity index (χ2n) is 4.38. The van der Waals surface area contributed by atoms with Crippen molar-refractivity contribution in [3.8, 4) is 0 Å². The van der Waals surface area contributed by atoms with E-state index in [4.69, 9.17) is 17.4 Å². The van der Waals surface area contributed by atoms with Gasteiger partial charge in [-0.25, -0.2) is 15.8 Å². The van der Waals surface area contributed by atoms with E-state index in [1.807, 2.05) is 0 Å². The first-order chi connectivity index (χ1) is 6.40. The zero-order valence-corrected chi connectivity index (χ0v) is 9.41. The standard InChI is InChI=1S/C9H15ClN4/c1-9(2,3)5-14(11)8-7(10)4-12-6-13-8/h4,6H,5,11H2,1-3H3. The van der Waals surface area contributed by atoms with Crippen LogP contribution in [0.25, 0.3) is 0 Å². The lowest BCUT2D eigenvalue weighted by atomic mass is 9.97. The minimum absolute atomic E-state index is 0.100. The molecular weight excluding hydrogens is 200 g/mol. The average molecular weight is 215 g/mol. The Bertz CT molecular complexity index is 308. The molecule has 0 saturated carbocycles. The number of halogens is 1. The van der Waals surface area contributed by atoms with E-state index >= 15 is 0 Å². The van der Waals surface area contributed by atoms with Gasteiger partial charge in [0.25, 0.3) is 0 Å². The fraction of sp³-hybridized carbons (Fsp3) is 0.556. The van der Waals surface area contributed by atoms with Crippen LogP contribution in [0.5, 0.6) is 0 Å². The number of anilines is 1. The molecule has 5 heteroatoms. The monoisotopic (exact) mass is 214 g/mol. The van der Waals surface area contributed by atoms with Crippen LogP contribution >= 0.6 is 11.6 Å². The van der Waals surface area contributed by atoms with Gasteiger partial charge in [-0.2, -0.15) is 0 Å². The number of aromatic nitrogens is 2. The molecule has 4 nitrogen and oxygen atoms in total. The number of hydrazine groups is 1. The fourth-order valence-electron chi connectivity index (χ4n) is 1.10. The van der Waals surface area contributed by atoms with Gasteiger partial charge in [-0.1, -0.05) is 32.4 Å². The molecule has 0 unspecified atom stereocenters. The molecule has 0 aliphatic rings. The topological polar surface area (TPSA) is 55.0 Å². The van der Waals surface area contributed by atoms with Gasteiger partial charge in [-0.3, -0.25) is 5.01 Å². The Morgan fingerprint density at radius 2 is 2.14 bits per heavy atom. The summed E-state index contributed by atoms with van der Waals surface area (Å²) in [5, 5.41) is 2.02. The smallest absolute Gasteiger partial charge is 0.164 e. The minimum Gasteiger partial charge on any atom is -0.293 e. The third-order valence-electron chi connectivity index (χ3n) is 1.56. The molecule has 1 heterocycles. The molecule has 0 aromatic carbocycles. The van der Waals surface area contributed by atoms with Gasteiger partial charge in [0.15, 0.2) is 5.82 Å². The summed E-state index contributed by atoms with van der Waals surface area (Å²) in [7, 11) is 0. The SMILES string of the molecule is CC(C)(C)CN(N)c1ncncc1Cl. The molecule has 0 amide bonds. The number of nitrogens with two attached hydrogens (primary N) is 1. The van der Waals surface area contributed by atoms with Crippen molar-refractivity contribution in [1.82, 2.24) is 9.97 Å². The van der Waals surface area contributed by atoms with Gasteiger partial charge in [-0.15, -0.1) is 0 Å². The van der Waals surface area contributed by atoms with Gasteiger partial charge in [-0.05, 0) is 5.41 Å². The van der Waals surface area contributed by atoms with E-state index < -0.39 is 0 Å². The Labute approximate surface area is 89.1 Å². The van der Waals surface area contributed by atoms with E-state index in [1.54, 1.807) is 5.01 Å². The van der Waals surface area contributed by atoms with E-state index in [0.717, 1.165) is 0 Å². The van der Waals surface area contributed by atoms with Gasteiger partial charge in [0.2, 0.25) is 0 Å². The van der Waals surface area contributed by atoms with Crippen LogP contribution in [0.4, 0.5) is 5.82 Å². The van der Waals surface area contributed by atoms with E-state index in [-0.39, 0.29) is 5.41 Å². The van der Waals surface area contributed by atoms with Crippen LogP contribution in [-0.4, -0.2) is 16.5 Å². The molecule has 0 saturated heterocycles. The summed E-state index contributed by atoms with van der Waals surface area (Å²) in [5.74, 6) is 6.41. The summed E-state index contributed by atoms with van der Waals surface area (Å²) < 4.78 is 0. The Morgan fingerprint density at radius 1 is 1.50 bits per heavy atom. The van der Waals surface area contributed by atoms with E-state index in [2.05, 4.69) is 30.7 Å². The number of hydrogen-bond donors (Lipinski definition) is 1. The first-order valence-electron chi connectivity index (χ1n) is 4.38. The Hall–Kier alpha value is -0.870. The highest BCUT2D eigenvalue weighted by atomic mass is 35.5. The Balaban J connectivity index is 2.80.